The number of phosphoric ester groups is 1. The van der Waals surface area contributed by atoms with Crippen LogP contribution < -0.4 is 0 Å². The normalized spacial score (nSPS) is 36.5. The Kier molecular flexibility index (Phi) is 3.53. The van der Waals surface area contributed by atoms with Gasteiger partial charge in [0.1, 0.15) is 12.7 Å². The van der Waals surface area contributed by atoms with Gasteiger partial charge in [0.25, 0.3) is 0 Å². The van der Waals surface area contributed by atoms with E-state index in [0.717, 1.165) is 0 Å². The van der Waals surface area contributed by atoms with Crippen molar-refractivity contribution < 1.29 is 33.8 Å². The highest BCUT2D eigenvalue weighted by molar-refractivity contribution is 7.46. The Hall–Kier alpha value is -0.450. The molecule has 0 aromatic heterocycles. The minimum absolute atomic E-state index is 0.130. The highest BCUT2D eigenvalue weighted by atomic mass is 31.2. The molecule has 0 aromatic carbocycles. The van der Waals surface area contributed by atoms with Gasteiger partial charge in [-0.1, -0.05) is 5.92 Å². The first-order chi connectivity index (χ1) is 6.79. The van der Waals surface area contributed by atoms with E-state index in [1.54, 1.807) is 0 Å². The fourth-order valence-electron chi connectivity index (χ4n) is 1.23. The van der Waals surface area contributed by atoms with Crippen LogP contribution in [0.4, 0.5) is 0 Å². The number of hydrogen-bond donors (Lipinski definition) is 4. The molecule has 1 heterocycles. The van der Waals surface area contributed by atoms with Gasteiger partial charge in [-0.25, -0.2) is 4.57 Å². The average Bonchev–Trinajstić information content (AvgIpc) is 2.37. The molecule has 1 aliphatic rings. The molecule has 1 unspecified atom stereocenters. The van der Waals surface area contributed by atoms with Gasteiger partial charge in [-0.15, -0.1) is 6.42 Å². The maximum absolute atomic E-state index is 10.4. The van der Waals surface area contributed by atoms with Gasteiger partial charge in [0.15, 0.2) is 11.9 Å². The quantitative estimate of drug-likeness (QED) is 0.351. The maximum atomic E-state index is 10.4. The molecule has 0 aromatic rings. The third kappa shape index (κ3) is 3.00. The molecular weight excluding hydrogens is 227 g/mol. The van der Waals surface area contributed by atoms with Crippen molar-refractivity contribution in [2.45, 2.75) is 24.4 Å². The van der Waals surface area contributed by atoms with Gasteiger partial charge < -0.3 is 24.7 Å². The third-order valence-corrected chi connectivity index (χ3v) is 2.47. The molecule has 3 atom stereocenters. The molecule has 1 aliphatic heterocycles. The molecule has 4 N–H and O–H groups in total. The van der Waals surface area contributed by atoms with Crippen LogP contribution in [0.25, 0.3) is 0 Å². The zero-order valence-electron chi connectivity index (χ0n) is 7.61. The number of aliphatic hydroxyl groups excluding tert-OH is 2. The van der Waals surface area contributed by atoms with Crippen molar-refractivity contribution in [2.75, 3.05) is 6.61 Å². The van der Waals surface area contributed by atoms with E-state index in [1.807, 2.05) is 5.92 Å². The standard InChI is InChI=1S/C7H11O7P/c1-2-7(4-13-15(10,11)12)5(8)3-6(9)14-7/h1,5-6,8-9H,3-4H2,(H2,10,11,12)/t5-,6?,7+/m0/s1. The predicted octanol–water partition coefficient (Wildman–Crippen LogP) is -1.43. The van der Waals surface area contributed by atoms with Gasteiger partial charge in [0, 0.05) is 6.42 Å². The summed E-state index contributed by atoms with van der Waals surface area (Å²) in [7, 11) is -4.69. The van der Waals surface area contributed by atoms with Crippen molar-refractivity contribution in [3.05, 3.63) is 0 Å². The number of terminal acetylenes is 1. The molecule has 8 heteroatoms. The van der Waals surface area contributed by atoms with E-state index in [-0.39, 0.29) is 6.42 Å². The second-order valence-corrected chi connectivity index (χ2v) is 4.36. The lowest BCUT2D eigenvalue weighted by molar-refractivity contribution is -0.137. The Bertz CT molecular complexity index is 318. The monoisotopic (exact) mass is 238 g/mol. The van der Waals surface area contributed by atoms with E-state index < -0.39 is 32.4 Å². The van der Waals surface area contributed by atoms with Gasteiger partial charge in [-0.3, -0.25) is 4.52 Å². The van der Waals surface area contributed by atoms with Gasteiger partial charge >= 0.3 is 7.82 Å². The number of phosphoric acid groups is 1. The SMILES string of the molecule is C#C[C@]1(COP(=O)(O)O)OC(O)C[C@@H]1O. The van der Waals surface area contributed by atoms with Crippen LogP contribution >= 0.6 is 7.82 Å². The minimum Gasteiger partial charge on any atom is -0.389 e. The summed E-state index contributed by atoms with van der Waals surface area (Å²) < 4.78 is 19.4. The topological polar surface area (TPSA) is 116 Å². The molecule has 86 valence electrons. The Morgan fingerprint density at radius 1 is 1.60 bits per heavy atom. The second-order valence-electron chi connectivity index (χ2n) is 3.12. The Balaban J connectivity index is 2.71. The fraction of sp³-hybridized carbons (Fsp3) is 0.714. The second kappa shape index (κ2) is 4.20. The molecule has 0 saturated carbocycles. The van der Waals surface area contributed by atoms with Gasteiger partial charge in [-0.05, 0) is 0 Å². The van der Waals surface area contributed by atoms with Gasteiger partial charge in [-0.2, -0.15) is 0 Å². The zero-order valence-corrected chi connectivity index (χ0v) is 8.50. The van der Waals surface area contributed by atoms with E-state index >= 15 is 0 Å². The molecular formula is C7H11O7P. The highest BCUT2D eigenvalue weighted by Gasteiger charge is 2.48. The van der Waals surface area contributed by atoms with Gasteiger partial charge in [0.05, 0.1) is 0 Å². The molecule has 1 rings (SSSR count). The van der Waals surface area contributed by atoms with E-state index in [1.165, 1.54) is 0 Å². The van der Waals surface area contributed by atoms with Crippen molar-refractivity contribution in [3.8, 4) is 12.3 Å². The first-order valence-electron chi connectivity index (χ1n) is 4.01. The lowest BCUT2D eigenvalue weighted by atomic mass is 9.99. The third-order valence-electron chi connectivity index (χ3n) is 2.00. The van der Waals surface area contributed by atoms with Crippen molar-refractivity contribution in [1.82, 2.24) is 0 Å². The van der Waals surface area contributed by atoms with Crippen molar-refractivity contribution in [1.29, 1.82) is 0 Å². The van der Waals surface area contributed by atoms with Crippen molar-refractivity contribution >= 4 is 7.82 Å². The first kappa shape index (κ1) is 12.6. The fourth-order valence-corrected chi connectivity index (χ4v) is 1.59. The lowest BCUT2D eigenvalue weighted by Gasteiger charge is -2.25. The minimum atomic E-state index is -4.69. The summed E-state index contributed by atoms with van der Waals surface area (Å²) in [5.41, 5.74) is -1.71. The number of aliphatic hydroxyl groups is 2. The summed E-state index contributed by atoms with van der Waals surface area (Å²) in [5, 5.41) is 18.5. The summed E-state index contributed by atoms with van der Waals surface area (Å²) >= 11 is 0. The van der Waals surface area contributed by atoms with Crippen molar-refractivity contribution in [3.63, 3.8) is 0 Å². The summed E-state index contributed by atoms with van der Waals surface area (Å²) in [6, 6.07) is 0. The molecule has 7 nitrogen and oxygen atoms in total. The number of hydrogen-bond acceptors (Lipinski definition) is 5. The van der Waals surface area contributed by atoms with Crippen LogP contribution in [0.2, 0.25) is 0 Å². The summed E-state index contributed by atoms with van der Waals surface area (Å²) in [6.07, 6.45) is 2.44. The van der Waals surface area contributed by atoms with E-state index in [9.17, 15) is 9.67 Å². The van der Waals surface area contributed by atoms with E-state index in [2.05, 4.69) is 4.52 Å². The molecule has 0 amide bonds. The summed E-state index contributed by atoms with van der Waals surface area (Å²) in [5.74, 6) is 2.03. The molecule has 1 fully saturated rings. The summed E-state index contributed by atoms with van der Waals surface area (Å²) in [6.45, 7) is -0.688. The largest absolute Gasteiger partial charge is 0.469 e. The smallest absolute Gasteiger partial charge is 0.389 e. The summed E-state index contributed by atoms with van der Waals surface area (Å²) in [4.78, 5) is 16.9. The van der Waals surface area contributed by atoms with E-state index in [4.69, 9.17) is 26.1 Å². The Morgan fingerprint density at radius 2 is 2.20 bits per heavy atom. The zero-order chi connectivity index (χ0) is 11.7. The number of rotatable bonds is 3. The molecule has 1 saturated heterocycles. The van der Waals surface area contributed by atoms with E-state index in [0.29, 0.717) is 0 Å². The maximum Gasteiger partial charge on any atom is 0.469 e. The van der Waals surface area contributed by atoms with Crippen LogP contribution in [0.1, 0.15) is 6.42 Å². The van der Waals surface area contributed by atoms with Crippen LogP contribution in [-0.4, -0.2) is 44.6 Å². The molecule has 0 aliphatic carbocycles. The van der Waals surface area contributed by atoms with Crippen LogP contribution in [0, 0.1) is 12.3 Å². The van der Waals surface area contributed by atoms with Crippen LogP contribution in [-0.2, 0) is 13.8 Å². The molecule has 0 spiro atoms. The lowest BCUT2D eigenvalue weighted by Crippen LogP contribution is -2.42. The first-order valence-corrected chi connectivity index (χ1v) is 5.54. The van der Waals surface area contributed by atoms with Crippen LogP contribution in [0.5, 0.6) is 0 Å². The average molecular weight is 238 g/mol. The molecule has 0 bridgehead atoms. The predicted molar refractivity (Wildman–Crippen MR) is 47.3 cm³/mol. The Morgan fingerprint density at radius 3 is 2.53 bits per heavy atom. The van der Waals surface area contributed by atoms with Gasteiger partial charge in [0.2, 0.25) is 0 Å². The van der Waals surface area contributed by atoms with Crippen LogP contribution in [0.15, 0.2) is 0 Å². The van der Waals surface area contributed by atoms with Crippen LogP contribution in [0.3, 0.4) is 0 Å². The molecule has 0 radical (unpaired) electrons. The highest BCUT2D eigenvalue weighted by Crippen LogP contribution is 2.39. The van der Waals surface area contributed by atoms with Crippen molar-refractivity contribution in [2.24, 2.45) is 0 Å². The number of ether oxygens (including phenoxy) is 1. The Labute approximate surface area is 85.9 Å². The molecule has 15 heavy (non-hydrogen) atoms.